The molecule has 9 nitrogen and oxygen atoms in total. The third-order valence-corrected chi connectivity index (χ3v) is 3.26. The maximum absolute atomic E-state index is 11.6. The van der Waals surface area contributed by atoms with E-state index in [-0.39, 0.29) is 5.69 Å². The average molecular weight is 290 g/mol. The topological polar surface area (TPSA) is 136 Å². The quantitative estimate of drug-likeness (QED) is 0.564. The fraction of sp³-hybridized carbons (Fsp3) is 0.222. The Balaban J connectivity index is 2.99. The van der Waals surface area contributed by atoms with Gasteiger partial charge in [-0.2, -0.15) is 0 Å². The van der Waals surface area contributed by atoms with Gasteiger partial charge < -0.3 is 5.11 Å². The molecule has 0 aliphatic carbocycles. The molecule has 0 bridgehead atoms. The summed E-state index contributed by atoms with van der Waals surface area (Å²) in [6, 6.07) is 3.28. The second-order valence-corrected chi connectivity index (χ2v) is 5.12. The second-order valence-electron chi connectivity index (χ2n) is 3.47. The minimum absolute atomic E-state index is 0.301. The molecule has 2 N–H and O–H groups in total. The first-order valence-corrected chi connectivity index (χ1v) is 6.33. The zero-order valence-electron chi connectivity index (χ0n) is 9.69. The van der Waals surface area contributed by atoms with Gasteiger partial charge >= 0.3 is 5.97 Å². The van der Waals surface area contributed by atoms with Gasteiger partial charge in [0.2, 0.25) is 0 Å². The molecule has 19 heavy (non-hydrogen) atoms. The van der Waals surface area contributed by atoms with E-state index in [1.54, 1.807) is 4.89 Å². The van der Waals surface area contributed by atoms with E-state index < -0.39 is 32.4 Å². The lowest BCUT2D eigenvalue weighted by atomic mass is 10.2. The van der Waals surface area contributed by atoms with Crippen molar-refractivity contribution in [3.05, 3.63) is 33.9 Å². The Kier molecular flexibility index (Phi) is 4.53. The second kappa shape index (κ2) is 5.73. The van der Waals surface area contributed by atoms with Crippen molar-refractivity contribution < 1.29 is 28.1 Å². The number of sulfonamides is 1. The van der Waals surface area contributed by atoms with Crippen LogP contribution in [0.4, 0.5) is 5.69 Å². The van der Waals surface area contributed by atoms with Gasteiger partial charge in [-0.05, 0) is 13.0 Å². The molecule has 1 rings (SSSR count). The van der Waals surface area contributed by atoms with Gasteiger partial charge in [0, 0.05) is 11.6 Å². The van der Waals surface area contributed by atoms with Crippen LogP contribution in [0.2, 0.25) is 0 Å². The Hall–Kier alpha value is -2.04. The number of nitro benzene ring substituents is 1. The lowest BCUT2D eigenvalue weighted by Crippen LogP contribution is -2.26. The predicted molar refractivity (Wildman–Crippen MR) is 61.7 cm³/mol. The van der Waals surface area contributed by atoms with Gasteiger partial charge in [-0.15, -0.1) is 0 Å². The molecule has 0 spiro atoms. The summed E-state index contributed by atoms with van der Waals surface area (Å²) in [5, 5.41) is 19.0. The highest BCUT2D eigenvalue weighted by molar-refractivity contribution is 7.89. The predicted octanol–water partition coefficient (Wildman–Crippen LogP) is 0.198. The molecule has 10 heteroatoms. The van der Waals surface area contributed by atoms with Crippen LogP contribution in [0.15, 0.2) is 23.1 Å². The van der Waals surface area contributed by atoms with E-state index >= 15 is 0 Å². The van der Waals surface area contributed by atoms with Crippen LogP contribution in [-0.4, -0.2) is 31.0 Å². The molecule has 0 unspecified atom stereocenters. The van der Waals surface area contributed by atoms with E-state index in [0.717, 1.165) is 12.1 Å². The van der Waals surface area contributed by atoms with Gasteiger partial charge in [0.05, 0.1) is 9.82 Å². The Morgan fingerprint density at radius 3 is 2.68 bits per heavy atom. The maximum Gasteiger partial charge on any atom is 0.331 e. The van der Waals surface area contributed by atoms with Gasteiger partial charge in [0.1, 0.15) is 0 Å². The van der Waals surface area contributed by atoms with Crippen molar-refractivity contribution in [1.29, 1.82) is 0 Å². The summed E-state index contributed by atoms with van der Waals surface area (Å²) in [4.78, 5) is 25.5. The van der Waals surface area contributed by atoms with Crippen LogP contribution in [0.5, 0.6) is 0 Å². The van der Waals surface area contributed by atoms with Crippen LogP contribution in [0, 0.1) is 17.0 Å². The lowest BCUT2D eigenvalue weighted by molar-refractivity contribution is -0.385. The van der Waals surface area contributed by atoms with E-state index in [4.69, 9.17) is 5.11 Å². The summed E-state index contributed by atoms with van der Waals surface area (Å²) in [6.07, 6.45) is 0. The molecule has 0 saturated heterocycles. The molecule has 0 heterocycles. The van der Waals surface area contributed by atoms with Gasteiger partial charge in [-0.25, -0.2) is 13.2 Å². The van der Waals surface area contributed by atoms with E-state index in [1.807, 2.05) is 0 Å². The van der Waals surface area contributed by atoms with Crippen LogP contribution >= 0.6 is 0 Å². The van der Waals surface area contributed by atoms with Gasteiger partial charge in [-0.3, -0.25) is 15.0 Å². The molecule has 0 aliphatic heterocycles. The number of carboxylic acid groups (broad SMARTS) is 1. The number of nitro groups is 1. The molecule has 0 saturated carbocycles. The monoisotopic (exact) mass is 290 g/mol. The van der Waals surface area contributed by atoms with E-state index in [9.17, 15) is 23.3 Å². The first kappa shape index (κ1) is 15.0. The molecular weight excluding hydrogens is 280 g/mol. The summed E-state index contributed by atoms with van der Waals surface area (Å²) in [5.41, 5.74) is -0.0588. The lowest BCUT2D eigenvalue weighted by Gasteiger charge is -2.06. The van der Waals surface area contributed by atoms with E-state index in [0.29, 0.717) is 5.56 Å². The zero-order chi connectivity index (χ0) is 14.6. The molecular formula is C9H10N2O7S. The molecule has 0 aromatic heterocycles. The van der Waals surface area contributed by atoms with Crippen molar-refractivity contribution in [2.75, 3.05) is 6.61 Å². The third kappa shape index (κ3) is 3.98. The highest BCUT2D eigenvalue weighted by atomic mass is 32.2. The number of benzene rings is 1. The SMILES string of the molecule is Cc1ccc(S(=O)(=O)NOCC(=O)O)cc1[N+](=O)[O-]. The van der Waals surface area contributed by atoms with Gasteiger partial charge in [0.25, 0.3) is 15.7 Å². The highest BCUT2D eigenvalue weighted by Gasteiger charge is 2.20. The number of carboxylic acids is 1. The molecule has 0 aliphatic rings. The smallest absolute Gasteiger partial charge is 0.331 e. The number of hydrogen-bond donors (Lipinski definition) is 2. The van der Waals surface area contributed by atoms with E-state index in [2.05, 4.69) is 4.84 Å². The normalized spacial score (nSPS) is 11.2. The van der Waals surface area contributed by atoms with E-state index in [1.165, 1.54) is 13.0 Å². The van der Waals surface area contributed by atoms with Crippen LogP contribution < -0.4 is 4.89 Å². The first-order chi connectivity index (χ1) is 8.74. The molecule has 104 valence electrons. The summed E-state index contributed by atoms with van der Waals surface area (Å²) >= 11 is 0. The fourth-order valence-electron chi connectivity index (χ4n) is 1.17. The molecule has 0 radical (unpaired) electrons. The molecule has 0 atom stereocenters. The molecule has 1 aromatic rings. The van der Waals surface area contributed by atoms with Crippen LogP contribution in [0.25, 0.3) is 0 Å². The Morgan fingerprint density at radius 1 is 1.53 bits per heavy atom. The van der Waals surface area contributed by atoms with Crippen molar-refractivity contribution in [2.45, 2.75) is 11.8 Å². The molecule has 0 amide bonds. The Labute approximate surface area is 108 Å². The maximum atomic E-state index is 11.6. The summed E-state index contributed by atoms with van der Waals surface area (Å²) < 4.78 is 23.3. The van der Waals surface area contributed by atoms with Crippen LogP contribution in [0.1, 0.15) is 5.56 Å². The van der Waals surface area contributed by atoms with Crippen LogP contribution in [0.3, 0.4) is 0 Å². The average Bonchev–Trinajstić information content (AvgIpc) is 2.27. The first-order valence-electron chi connectivity index (χ1n) is 4.84. The zero-order valence-corrected chi connectivity index (χ0v) is 10.5. The molecule has 1 aromatic carbocycles. The number of nitrogens with zero attached hydrogens (tertiary/aromatic N) is 1. The van der Waals surface area contributed by atoms with Crippen molar-refractivity contribution >= 4 is 21.7 Å². The van der Waals surface area contributed by atoms with Crippen LogP contribution in [-0.2, 0) is 19.7 Å². The Bertz CT molecular complexity index is 611. The number of aryl methyl sites for hydroxylation is 1. The summed E-state index contributed by atoms with van der Waals surface area (Å²) in [5.74, 6) is -1.36. The van der Waals surface area contributed by atoms with Crippen molar-refractivity contribution in [3.8, 4) is 0 Å². The van der Waals surface area contributed by atoms with Gasteiger partial charge in [0.15, 0.2) is 6.61 Å². The highest BCUT2D eigenvalue weighted by Crippen LogP contribution is 2.21. The van der Waals surface area contributed by atoms with Gasteiger partial charge in [-0.1, -0.05) is 11.0 Å². The standard InChI is InChI=1S/C9H10N2O7S/c1-6-2-3-7(4-8(6)11(14)15)19(16,17)10-18-5-9(12)13/h2-4,10H,5H2,1H3,(H,12,13). The minimum Gasteiger partial charge on any atom is -0.479 e. The number of hydrogen-bond acceptors (Lipinski definition) is 6. The molecule has 0 fully saturated rings. The van der Waals surface area contributed by atoms with Crippen molar-refractivity contribution in [2.24, 2.45) is 0 Å². The summed E-state index contributed by atoms with van der Waals surface area (Å²) in [6.45, 7) is 0.593. The number of nitrogens with one attached hydrogen (secondary N) is 1. The largest absolute Gasteiger partial charge is 0.479 e. The third-order valence-electron chi connectivity index (χ3n) is 2.05. The Morgan fingerprint density at radius 2 is 2.16 bits per heavy atom. The fourth-order valence-corrected chi connectivity index (χ4v) is 1.99. The number of aliphatic carboxylic acids is 1. The number of rotatable bonds is 6. The van der Waals surface area contributed by atoms with Crippen molar-refractivity contribution in [3.63, 3.8) is 0 Å². The van der Waals surface area contributed by atoms with Crippen molar-refractivity contribution in [1.82, 2.24) is 4.89 Å². The number of carbonyl (C=O) groups is 1. The summed E-state index contributed by atoms with van der Waals surface area (Å²) in [7, 11) is -4.17. The minimum atomic E-state index is -4.17.